The van der Waals surface area contributed by atoms with Crippen LogP contribution in [0.15, 0.2) is 53.3 Å². The van der Waals surface area contributed by atoms with E-state index in [0.29, 0.717) is 35.6 Å². The van der Waals surface area contributed by atoms with Gasteiger partial charge >= 0.3 is 0 Å². The summed E-state index contributed by atoms with van der Waals surface area (Å²) in [6.45, 7) is 4.54. The Morgan fingerprint density at radius 1 is 1.21 bits per heavy atom. The maximum Gasteiger partial charge on any atom is 0.266 e. The van der Waals surface area contributed by atoms with E-state index >= 15 is 0 Å². The zero-order chi connectivity index (χ0) is 21.0. The van der Waals surface area contributed by atoms with Crippen molar-refractivity contribution < 1.29 is 9.53 Å². The summed E-state index contributed by atoms with van der Waals surface area (Å²) < 4.78 is 6.73. The number of alkyl halides is 1. The number of methoxy groups -OCH3 is 1. The fourth-order valence-corrected chi connectivity index (χ4v) is 3.47. The molecule has 1 amide bonds. The van der Waals surface area contributed by atoms with Crippen molar-refractivity contribution in [3.63, 3.8) is 0 Å². The summed E-state index contributed by atoms with van der Waals surface area (Å²) in [5.74, 6) is 0.0809. The van der Waals surface area contributed by atoms with Crippen LogP contribution < -0.4 is 5.56 Å². The molecule has 1 aromatic heterocycles. The van der Waals surface area contributed by atoms with E-state index in [2.05, 4.69) is 0 Å². The van der Waals surface area contributed by atoms with Crippen LogP contribution in [-0.2, 0) is 9.53 Å². The van der Waals surface area contributed by atoms with Crippen molar-refractivity contribution in [3.8, 4) is 5.69 Å². The van der Waals surface area contributed by atoms with E-state index in [1.54, 1.807) is 28.7 Å². The predicted octanol–water partition coefficient (Wildman–Crippen LogP) is 3.47. The van der Waals surface area contributed by atoms with Crippen LogP contribution in [0.25, 0.3) is 16.6 Å². The van der Waals surface area contributed by atoms with Crippen molar-refractivity contribution in [2.75, 3.05) is 26.1 Å². The van der Waals surface area contributed by atoms with Crippen LogP contribution >= 0.6 is 11.6 Å². The van der Waals surface area contributed by atoms with E-state index in [-0.39, 0.29) is 17.3 Å². The second-order valence-electron chi connectivity index (χ2n) is 6.85. The highest BCUT2D eigenvalue weighted by molar-refractivity contribution is 6.27. The number of aromatic nitrogens is 2. The van der Waals surface area contributed by atoms with Crippen molar-refractivity contribution in [1.82, 2.24) is 14.5 Å². The molecule has 7 heteroatoms. The number of ether oxygens (including phenoxy) is 1. The first kappa shape index (κ1) is 21.0. The summed E-state index contributed by atoms with van der Waals surface area (Å²) in [6, 6.07) is 14.4. The number of rotatable bonds is 7. The molecule has 0 fully saturated rings. The number of carbonyl (C=O) groups is 1. The lowest BCUT2D eigenvalue weighted by molar-refractivity contribution is -0.131. The van der Waals surface area contributed by atoms with Gasteiger partial charge in [0, 0.05) is 13.7 Å². The molecule has 0 spiro atoms. The third-order valence-electron chi connectivity index (χ3n) is 4.91. The molecule has 0 aliphatic carbocycles. The Morgan fingerprint density at radius 3 is 2.55 bits per heavy atom. The molecule has 6 nitrogen and oxygen atoms in total. The average molecular weight is 414 g/mol. The minimum atomic E-state index is -0.477. The standard InChI is InChI=1S/C22H24ClN3O3/c1-15-8-10-17(11-9-15)26-21(16(2)25(12-13-29-3)20(27)14-23)24-19-7-5-4-6-18(19)22(26)28/h4-11,16H,12-14H2,1-3H3/t16-/m0/s1. The molecule has 0 saturated carbocycles. The Balaban J connectivity index is 2.24. The van der Waals surface area contributed by atoms with E-state index in [0.717, 1.165) is 5.56 Å². The Hall–Kier alpha value is -2.70. The third kappa shape index (κ3) is 4.33. The van der Waals surface area contributed by atoms with Crippen molar-refractivity contribution in [1.29, 1.82) is 0 Å². The lowest BCUT2D eigenvalue weighted by atomic mass is 10.1. The van der Waals surface area contributed by atoms with Crippen molar-refractivity contribution in [2.45, 2.75) is 19.9 Å². The number of benzene rings is 2. The highest BCUT2D eigenvalue weighted by Crippen LogP contribution is 2.23. The molecule has 0 unspecified atom stereocenters. The minimum absolute atomic E-state index is 0.156. The van der Waals surface area contributed by atoms with Crippen LogP contribution in [0.4, 0.5) is 0 Å². The molecular formula is C22H24ClN3O3. The molecule has 0 N–H and O–H groups in total. The third-order valence-corrected chi connectivity index (χ3v) is 5.13. The molecule has 0 aliphatic rings. The van der Waals surface area contributed by atoms with Crippen LogP contribution in [-0.4, -0.2) is 46.5 Å². The minimum Gasteiger partial charge on any atom is -0.383 e. The maximum atomic E-state index is 13.4. The summed E-state index contributed by atoms with van der Waals surface area (Å²) in [6.07, 6.45) is 0. The number of hydrogen-bond acceptors (Lipinski definition) is 4. The molecule has 3 aromatic rings. The molecule has 0 aliphatic heterocycles. The van der Waals surface area contributed by atoms with Gasteiger partial charge in [0.05, 0.1) is 29.2 Å². The SMILES string of the molecule is COCCN(C(=O)CCl)[C@@H](C)c1nc2ccccc2c(=O)n1-c1ccc(C)cc1. The number of amides is 1. The summed E-state index contributed by atoms with van der Waals surface area (Å²) in [4.78, 5) is 32.2. The van der Waals surface area contributed by atoms with Gasteiger partial charge in [-0.05, 0) is 38.1 Å². The van der Waals surface area contributed by atoms with Gasteiger partial charge in [0.1, 0.15) is 11.7 Å². The molecule has 29 heavy (non-hydrogen) atoms. The van der Waals surface area contributed by atoms with E-state index in [4.69, 9.17) is 21.3 Å². The summed E-state index contributed by atoms with van der Waals surface area (Å²) in [5, 5.41) is 0.524. The monoisotopic (exact) mass is 413 g/mol. The van der Waals surface area contributed by atoms with E-state index in [1.807, 2.05) is 50.2 Å². The number of fused-ring (bicyclic) bond motifs is 1. The van der Waals surface area contributed by atoms with Crippen LogP contribution in [0.5, 0.6) is 0 Å². The topological polar surface area (TPSA) is 64.4 Å². The number of carbonyl (C=O) groups excluding carboxylic acids is 1. The lowest BCUT2D eigenvalue weighted by Gasteiger charge is -2.30. The first-order chi connectivity index (χ1) is 14.0. The Kier molecular flexibility index (Phi) is 6.67. The van der Waals surface area contributed by atoms with Crippen LogP contribution in [0, 0.1) is 6.92 Å². The molecule has 1 heterocycles. The second kappa shape index (κ2) is 9.20. The normalized spacial score (nSPS) is 12.1. The van der Waals surface area contributed by atoms with Crippen molar-refractivity contribution in [2.24, 2.45) is 0 Å². The van der Waals surface area contributed by atoms with Crippen LogP contribution in [0.1, 0.15) is 24.4 Å². The number of para-hydroxylation sites is 1. The van der Waals surface area contributed by atoms with Gasteiger partial charge in [0.2, 0.25) is 5.91 Å². The van der Waals surface area contributed by atoms with Gasteiger partial charge in [-0.25, -0.2) is 4.98 Å². The van der Waals surface area contributed by atoms with Gasteiger partial charge in [0.25, 0.3) is 5.56 Å². The van der Waals surface area contributed by atoms with Gasteiger partial charge in [0.15, 0.2) is 0 Å². The van der Waals surface area contributed by atoms with Gasteiger partial charge in [-0.15, -0.1) is 11.6 Å². The van der Waals surface area contributed by atoms with Gasteiger partial charge in [-0.2, -0.15) is 0 Å². The molecule has 0 radical (unpaired) electrons. The fraction of sp³-hybridized carbons (Fsp3) is 0.318. The lowest BCUT2D eigenvalue weighted by Crippen LogP contribution is -2.40. The Bertz CT molecular complexity index is 1060. The summed E-state index contributed by atoms with van der Waals surface area (Å²) in [7, 11) is 1.57. The largest absolute Gasteiger partial charge is 0.383 e. The average Bonchev–Trinajstić information content (AvgIpc) is 2.74. The van der Waals surface area contributed by atoms with E-state index in [1.165, 1.54) is 0 Å². The predicted molar refractivity (Wildman–Crippen MR) is 115 cm³/mol. The molecule has 2 aromatic carbocycles. The van der Waals surface area contributed by atoms with Crippen molar-refractivity contribution >= 4 is 28.4 Å². The van der Waals surface area contributed by atoms with Crippen molar-refractivity contribution in [3.05, 3.63) is 70.3 Å². The summed E-state index contributed by atoms with van der Waals surface area (Å²) >= 11 is 5.84. The Morgan fingerprint density at radius 2 is 1.90 bits per heavy atom. The molecule has 0 saturated heterocycles. The molecule has 3 rings (SSSR count). The first-order valence-corrected chi connectivity index (χ1v) is 9.94. The molecule has 1 atom stereocenters. The number of aryl methyl sites for hydroxylation is 1. The summed E-state index contributed by atoms with van der Waals surface area (Å²) in [5.41, 5.74) is 2.20. The second-order valence-corrected chi connectivity index (χ2v) is 7.12. The zero-order valence-electron chi connectivity index (χ0n) is 16.8. The first-order valence-electron chi connectivity index (χ1n) is 9.41. The van der Waals surface area contributed by atoms with E-state index < -0.39 is 6.04 Å². The quantitative estimate of drug-likeness (QED) is 0.556. The van der Waals surface area contributed by atoms with Crippen LogP contribution in [0.3, 0.4) is 0 Å². The van der Waals surface area contributed by atoms with Gasteiger partial charge < -0.3 is 9.64 Å². The molecule has 152 valence electrons. The molecular weight excluding hydrogens is 390 g/mol. The number of halogens is 1. The van der Waals surface area contributed by atoms with Gasteiger partial charge in [-0.1, -0.05) is 29.8 Å². The maximum absolute atomic E-state index is 13.4. The zero-order valence-corrected chi connectivity index (χ0v) is 17.5. The highest BCUT2D eigenvalue weighted by atomic mass is 35.5. The smallest absolute Gasteiger partial charge is 0.266 e. The Labute approximate surface area is 174 Å². The number of nitrogens with zero attached hydrogens (tertiary/aromatic N) is 3. The fourth-order valence-electron chi connectivity index (χ4n) is 3.31. The van der Waals surface area contributed by atoms with E-state index in [9.17, 15) is 9.59 Å². The van der Waals surface area contributed by atoms with Crippen LogP contribution in [0.2, 0.25) is 0 Å². The highest BCUT2D eigenvalue weighted by Gasteiger charge is 2.26. The van der Waals surface area contributed by atoms with Gasteiger partial charge in [-0.3, -0.25) is 14.2 Å². The number of hydrogen-bond donors (Lipinski definition) is 0. The molecule has 0 bridgehead atoms.